The van der Waals surface area contributed by atoms with E-state index in [-0.39, 0.29) is 0 Å². The topological polar surface area (TPSA) is 15.3 Å². The molecule has 2 rings (SSSR count). The average Bonchev–Trinajstić information content (AvgIpc) is 2.39. The minimum atomic E-state index is 0.861. The summed E-state index contributed by atoms with van der Waals surface area (Å²) in [4.78, 5) is 2.84. The highest BCUT2D eigenvalue weighted by Crippen LogP contribution is 2.35. The van der Waals surface area contributed by atoms with Crippen LogP contribution in [-0.4, -0.2) is 37.6 Å². The summed E-state index contributed by atoms with van der Waals surface area (Å²) >= 11 is 0. The van der Waals surface area contributed by atoms with Gasteiger partial charge in [0, 0.05) is 12.6 Å². The molecule has 0 aromatic heterocycles. The van der Waals surface area contributed by atoms with Crippen LogP contribution in [0.15, 0.2) is 0 Å². The molecule has 18 heavy (non-hydrogen) atoms. The normalized spacial score (nSPS) is 35.0. The molecule has 0 spiro atoms. The molecule has 0 aromatic carbocycles. The average molecular weight is 252 g/mol. The van der Waals surface area contributed by atoms with Crippen LogP contribution in [0.3, 0.4) is 0 Å². The van der Waals surface area contributed by atoms with E-state index in [2.05, 4.69) is 31.1 Å². The molecular weight excluding hydrogens is 220 g/mol. The molecule has 1 aliphatic heterocycles. The molecule has 2 heteroatoms. The first kappa shape index (κ1) is 14.3. The van der Waals surface area contributed by atoms with Crippen molar-refractivity contribution in [2.75, 3.05) is 26.7 Å². The van der Waals surface area contributed by atoms with Gasteiger partial charge in [-0.1, -0.05) is 26.7 Å². The number of hydrogen-bond donors (Lipinski definition) is 1. The molecule has 0 aromatic rings. The number of nitrogens with one attached hydrogen (secondary N) is 1. The van der Waals surface area contributed by atoms with Gasteiger partial charge in [0.1, 0.15) is 0 Å². The van der Waals surface area contributed by atoms with Gasteiger partial charge in [0.2, 0.25) is 0 Å². The second kappa shape index (κ2) is 6.91. The highest BCUT2D eigenvalue weighted by Gasteiger charge is 2.34. The zero-order valence-corrected chi connectivity index (χ0v) is 12.6. The molecule has 3 atom stereocenters. The van der Waals surface area contributed by atoms with Gasteiger partial charge in [-0.25, -0.2) is 0 Å². The maximum Gasteiger partial charge on any atom is 0.0126 e. The van der Waals surface area contributed by atoms with Crippen molar-refractivity contribution in [1.29, 1.82) is 0 Å². The zero-order valence-electron chi connectivity index (χ0n) is 12.6. The molecule has 2 nitrogen and oxygen atoms in total. The van der Waals surface area contributed by atoms with Crippen molar-refractivity contribution in [3.63, 3.8) is 0 Å². The highest BCUT2D eigenvalue weighted by atomic mass is 15.2. The predicted octanol–water partition coefficient (Wildman–Crippen LogP) is 3.13. The van der Waals surface area contributed by atoms with Crippen LogP contribution in [0.1, 0.15) is 52.4 Å². The largest absolute Gasteiger partial charge is 0.319 e. The molecule has 1 saturated carbocycles. The number of nitrogens with zero attached hydrogens (tertiary/aromatic N) is 1. The van der Waals surface area contributed by atoms with Crippen molar-refractivity contribution < 1.29 is 0 Å². The molecule has 1 saturated heterocycles. The van der Waals surface area contributed by atoms with E-state index in [0.717, 1.165) is 23.8 Å². The van der Waals surface area contributed by atoms with Gasteiger partial charge in [0.15, 0.2) is 0 Å². The van der Waals surface area contributed by atoms with Crippen molar-refractivity contribution in [1.82, 2.24) is 10.2 Å². The molecule has 2 aliphatic rings. The first-order chi connectivity index (χ1) is 8.72. The Morgan fingerprint density at radius 2 is 1.89 bits per heavy atom. The second-order valence-corrected chi connectivity index (χ2v) is 6.82. The number of likely N-dealkylation sites (tertiary alicyclic amines) is 1. The van der Waals surface area contributed by atoms with E-state index < -0.39 is 0 Å². The Labute approximate surface area is 114 Å². The molecule has 1 heterocycles. The van der Waals surface area contributed by atoms with E-state index in [9.17, 15) is 0 Å². The van der Waals surface area contributed by atoms with Crippen LogP contribution in [0.4, 0.5) is 0 Å². The molecule has 3 unspecified atom stereocenters. The van der Waals surface area contributed by atoms with Gasteiger partial charge >= 0.3 is 0 Å². The fraction of sp³-hybridized carbons (Fsp3) is 1.00. The van der Waals surface area contributed by atoms with E-state index in [1.165, 1.54) is 58.2 Å². The Morgan fingerprint density at radius 3 is 2.61 bits per heavy atom. The van der Waals surface area contributed by atoms with E-state index in [4.69, 9.17) is 0 Å². The molecular formula is C16H32N2. The number of piperidine rings is 1. The van der Waals surface area contributed by atoms with Crippen molar-refractivity contribution in [3.05, 3.63) is 0 Å². The minimum absolute atomic E-state index is 0.861. The molecule has 106 valence electrons. The van der Waals surface area contributed by atoms with Crippen LogP contribution in [0.25, 0.3) is 0 Å². The maximum absolute atomic E-state index is 3.37. The van der Waals surface area contributed by atoms with Gasteiger partial charge in [0.25, 0.3) is 0 Å². The summed E-state index contributed by atoms with van der Waals surface area (Å²) in [7, 11) is 2.09. The first-order valence-electron chi connectivity index (χ1n) is 8.11. The monoisotopic (exact) mass is 252 g/mol. The van der Waals surface area contributed by atoms with Crippen LogP contribution in [0, 0.1) is 17.8 Å². The third-order valence-corrected chi connectivity index (χ3v) is 5.15. The van der Waals surface area contributed by atoms with Crippen LogP contribution >= 0.6 is 0 Å². The van der Waals surface area contributed by atoms with Crippen molar-refractivity contribution >= 4 is 0 Å². The second-order valence-electron chi connectivity index (χ2n) is 6.82. The quantitative estimate of drug-likeness (QED) is 0.827. The third kappa shape index (κ3) is 3.48. The van der Waals surface area contributed by atoms with E-state index >= 15 is 0 Å². The number of rotatable bonds is 4. The summed E-state index contributed by atoms with van der Waals surface area (Å²) in [5.74, 6) is 2.70. The molecule has 0 amide bonds. The van der Waals surface area contributed by atoms with Gasteiger partial charge in [-0.3, -0.25) is 4.90 Å². The van der Waals surface area contributed by atoms with Gasteiger partial charge in [0.05, 0.1) is 0 Å². The lowest BCUT2D eigenvalue weighted by Crippen LogP contribution is -2.49. The summed E-state index contributed by atoms with van der Waals surface area (Å²) in [6.07, 6.45) is 8.68. The van der Waals surface area contributed by atoms with E-state index in [1.807, 2.05) is 0 Å². The predicted molar refractivity (Wildman–Crippen MR) is 78.8 cm³/mol. The van der Waals surface area contributed by atoms with Crippen molar-refractivity contribution in [3.8, 4) is 0 Å². The van der Waals surface area contributed by atoms with Crippen molar-refractivity contribution in [2.45, 2.75) is 58.4 Å². The van der Waals surface area contributed by atoms with Crippen LogP contribution in [-0.2, 0) is 0 Å². The van der Waals surface area contributed by atoms with Crippen LogP contribution in [0.2, 0.25) is 0 Å². The molecule has 0 bridgehead atoms. The lowest BCUT2D eigenvalue weighted by atomic mass is 9.76. The van der Waals surface area contributed by atoms with Gasteiger partial charge in [-0.15, -0.1) is 0 Å². The summed E-state index contributed by atoms with van der Waals surface area (Å²) in [5, 5.41) is 3.37. The summed E-state index contributed by atoms with van der Waals surface area (Å²) in [6.45, 7) is 8.76. The smallest absolute Gasteiger partial charge is 0.0126 e. The fourth-order valence-electron chi connectivity index (χ4n) is 4.22. The van der Waals surface area contributed by atoms with Crippen molar-refractivity contribution in [2.24, 2.45) is 17.8 Å². The lowest BCUT2D eigenvalue weighted by Gasteiger charge is -2.45. The minimum Gasteiger partial charge on any atom is -0.319 e. The Hall–Kier alpha value is -0.0800. The summed E-state index contributed by atoms with van der Waals surface area (Å²) in [6, 6.07) is 0.887. The lowest BCUT2D eigenvalue weighted by molar-refractivity contribution is 0.0445. The Morgan fingerprint density at radius 1 is 1.11 bits per heavy atom. The fourth-order valence-corrected chi connectivity index (χ4v) is 4.22. The first-order valence-corrected chi connectivity index (χ1v) is 8.11. The van der Waals surface area contributed by atoms with Crippen LogP contribution < -0.4 is 5.32 Å². The molecule has 1 aliphatic carbocycles. The van der Waals surface area contributed by atoms with E-state index in [0.29, 0.717) is 0 Å². The van der Waals surface area contributed by atoms with Gasteiger partial charge in [-0.2, -0.15) is 0 Å². The Balaban J connectivity index is 1.95. The maximum atomic E-state index is 3.37. The molecule has 2 fully saturated rings. The molecule has 1 N–H and O–H groups in total. The third-order valence-electron chi connectivity index (χ3n) is 5.15. The number of hydrogen-bond acceptors (Lipinski definition) is 2. The Bertz CT molecular complexity index is 237. The van der Waals surface area contributed by atoms with Gasteiger partial charge < -0.3 is 5.32 Å². The van der Waals surface area contributed by atoms with Crippen LogP contribution in [0.5, 0.6) is 0 Å². The van der Waals surface area contributed by atoms with Gasteiger partial charge in [-0.05, 0) is 63.6 Å². The molecule has 0 radical (unpaired) electrons. The summed E-state index contributed by atoms with van der Waals surface area (Å²) in [5.41, 5.74) is 0. The highest BCUT2D eigenvalue weighted by molar-refractivity contribution is 4.88. The summed E-state index contributed by atoms with van der Waals surface area (Å²) < 4.78 is 0. The zero-order chi connectivity index (χ0) is 13.0. The SMILES string of the molecule is CNCC1CCCN(C2CCCCC2C(C)C)C1. The Kier molecular flexibility index (Phi) is 5.50. The van der Waals surface area contributed by atoms with E-state index in [1.54, 1.807) is 0 Å². The standard InChI is InChI=1S/C16H32N2/c1-13(2)15-8-4-5-9-16(15)18-10-6-7-14(12-18)11-17-3/h13-17H,4-12H2,1-3H3.